The smallest absolute Gasteiger partial charge is 0.329 e. The van der Waals surface area contributed by atoms with Crippen molar-refractivity contribution in [3.05, 3.63) is 53.8 Å². The average molecular weight is 521 g/mol. The molecule has 0 spiro atoms. The molecule has 2 rings (SSSR count). The Balaban J connectivity index is 2.33. The van der Waals surface area contributed by atoms with Gasteiger partial charge in [0.2, 0.25) is 5.91 Å². The highest BCUT2D eigenvalue weighted by Gasteiger charge is 2.29. The van der Waals surface area contributed by atoms with Crippen LogP contribution < -0.4 is 16.0 Å². The van der Waals surface area contributed by atoms with Crippen molar-refractivity contribution in [1.82, 2.24) is 20.9 Å². The molecule has 3 N–H and O–H groups in total. The molecule has 0 aliphatic carbocycles. The number of rotatable bonds is 5. The number of allylic oxidation sites excluding steroid dienone is 1. The van der Waals surface area contributed by atoms with Crippen LogP contribution in [0.1, 0.15) is 49.8 Å². The summed E-state index contributed by atoms with van der Waals surface area (Å²) < 4.78 is 19.6. The summed E-state index contributed by atoms with van der Waals surface area (Å²) in [6, 6.07) is 0.832. The normalized spacial score (nSPS) is 20.1. The zero-order valence-electron chi connectivity index (χ0n) is 20.3. The summed E-state index contributed by atoms with van der Waals surface area (Å²) in [6.07, 6.45) is 2.51. The predicted molar refractivity (Wildman–Crippen MR) is 131 cm³/mol. The number of fused-ring (bicyclic) bond motifs is 2. The van der Waals surface area contributed by atoms with Gasteiger partial charge in [-0.2, -0.15) is 0 Å². The van der Waals surface area contributed by atoms with Gasteiger partial charge < -0.3 is 20.7 Å². The van der Waals surface area contributed by atoms with Crippen LogP contribution in [0.5, 0.6) is 0 Å². The van der Waals surface area contributed by atoms with Gasteiger partial charge in [-0.15, -0.1) is 0 Å². The molecule has 1 aromatic heterocycles. The Morgan fingerprint density at radius 2 is 2.00 bits per heavy atom. The number of aromatic nitrogens is 1. The summed E-state index contributed by atoms with van der Waals surface area (Å²) in [5.41, 5.74) is -0.615. The predicted octanol–water partition coefficient (Wildman–Crippen LogP) is 1.76. The number of hydrogen-bond donors (Lipinski definition) is 3. The highest BCUT2D eigenvalue weighted by molar-refractivity contribution is 8.13. The van der Waals surface area contributed by atoms with Gasteiger partial charge in [0.15, 0.2) is 5.12 Å². The third-order valence-electron chi connectivity index (χ3n) is 4.88. The third-order valence-corrected chi connectivity index (χ3v) is 5.73. The Morgan fingerprint density at radius 1 is 1.28 bits per heavy atom. The van der Waals surface area contributed by atoms with Crippen molar-refractivity contribution in [3.63, 3.8) is 0 Å². The number of carbonyl (C=O) groups is 5. The molecule has 0 fully saturated rings. The van der Waals surface area contributed by atoms with Gasteiger partial charge in [-0.25, -0.2) is 14.2 Å². The second-order valence-corrected chi connectivity index (χ2v) is 9.57. The van der Waals surface area contributed by atoms with Crippen LogP contribution in [0.3, 0.4) is 0 Å². The quantitative estimate of drug-likeness (QED) is 0.231. The van der Waals surface area contributed by atoms with Crippen LogP contribution >= 0.6 is 11.8 Å². The molecule has 1 aromatic rings. The van der Waals surface area contributed by atoms with Gasteiger partial charge in [0.05, 0.1) is 24.4 Å². The van der Waals surface area contributed by atoms with Crippen LogP contribution in [0.15, 0.2) is 36.6 Å². The first-order chi connectivity index (χ1) is 17.0. The zero-order chi connectivity index (χ0) is 26.8. The standard InChI is InChI=1S/C24H29FN4O6S/c1-13(2)21-24(34)35-18(7-5-6-8-36-15(4)30)11-20(31)26-12-17-9-16(25)10-19(28-17)23(33)27-14(3)22(32)29-21/h5,7,9-10,13,18,21H,3,6,8,11-12H2,1-2,4H3,(H,26,31)(H,27,33)(H,29,32)/b7-5+/t18-,21+/m1/s1. The summed E-state index contributed by atoms with van der Waals surface area (Å²) >= 11 is 1.14. The Hall–Kier alpha value is -3.54. The number of carbonyl (C=O) groups excluding carboxylic acids is 5. The number of halogens is 1. The molecule has 36 heavy (non-hydrogen) atoms. The van der Waals surface area contributed by atoms with Gasteiger partial charge in [-0.1, -0.05) is 38.3 Å². The fraction of sp³-hybridized carbons (Fsp3) is 0.417. The van der Waals surface area contributed by atoms with Crippen molar-refractivity contribution in [2.24, 2.45) is 5.92 Å². The number of nitrogens with one attached hydrogen (secondary N) is 3. The second kappa shape index (κ2) is 13.5. The molecule has 0 aromatic carbocycles. The van der Waals surface area contributed by atoms with E-state index >= 15 is 0 Å². The minimum atomic E-state index is -1.11. The lowest BCUT2D eigenvalue weighted by molar-refractivity contribution is -0.153. The van der Waals surface area contributed by atoms with E-state index in [1.807, 2.05) is 0 Å². The fourth-order valence-electron chi connectivity index (χ4n) is 3.08. The molecule has 2 heterocycles. The number of cyclic esters (lactones) is 1. The first-order valence-electron chi connectivity index (χ1n) is 11.2. The molecule has 12 heteroatoms. The van der Waals surface area contributed by atoms with Gasteiger partial charge >= 0.3 is 5.97 Å². The first-order valence-corrected chi connectivity index (χ1v) is 12.2. The van der Waals surface area contributed by atoms with E-state index in [-0.39, 0.29) is 35.2 Å². The second-order valence-electron chi connectivity index (χ2n) is 8.30. The Morgan fingerprint density at radius 3 is 2.67 bits per heavy atom. The molecule has 2 bridgehead atoms. The summed E-state index contributed by atoms with van der Waals surface area (Å²) in [5.74, 6) is -3.65. The molecule has 3 amide bonds. The number of nitrogens with zero attached hydrogens (tertiary/aromatic N) is 1. The van der Waals surface area contributed by atoms with Crippen LogP contribution in [-0.4, -0.2) is 51.7 Å². The van der Waals surface area contributed by atoms with Crippen molar-refractivity contribution in [3.8, 4) is 0 Å². The first kappa shape index (κ1) is 28.7. The van der Waals surface area contributed by atoms with E-state index in [2.05, 4.69) is 27.5 Å². The van der Waals surface area contributed by atoms with E-state index in [4.69, 9.17) is 4.74 Å². The number of thioether (sulfide) groups is 1. The Kier molecular flexibility index (Phi) is 10.8. The van der Waals surface area contributed by atoms with Gasteiger partial charge in [0.1, 0.15) is 23.7 Å². The van der Waals surface area contributed by atoms with Crippen molar-refractivity contribution in [2.45, 2.75) is 52.3 Å². The number of ether oxygens (including phenoxy) is 1. The lowest BCUT2D eigenvalue weighted by atomic mass is 10.0. The van der Waals surface area contributed by atoms with E-state index in [0.29, 0.717) is 12.2 Å². The lowest BCUT2D eigenvalue weighted by Crippen LogP contribution is -2.48. The molecular weight excluding hydrogens is 491 g/mol. The third kappa shape index (κ3) is 9.25. The molecule has 0 saturated heterocycles. The minimum Gasteiger partial charge on any atom is -0.456 e. The number of pyridine rings is 1. The summed E-state index contributed by atoms with van der Waals surface area (Å²) in [5, 5.41) is 7.24. The molecule has 0 unspecified atom stereocenters. The maximum absolute atomic E-state index is 14.1. The van der Waals surface area contributed by atoms with E-state index in [1.54, 1.807) is 19.9 Å². The maximum Gasteiger partial charge on any atom is 0.329 e. The Bertz CT molecular complexity index is 1070. The van der Waals surface area contributed by atoms with Gasteiger partial charge in [0, 0.05) is 18.7 Å². The fourth-order valence-corrected chi connectivity index (χ4v) is 3.62. The lowest BCUT2D eigenvalue weighted by Gasteiger charge is -2.24. The van der Waals surface area contributed by atoms with Gasteiger partial charge in [0.25, 0.3) is 11.8 Å². The highest BCUT2D eigenvalue weighted by Crippen LogP contribution is 2.12. The Labute approximate surface area is 212 Å². The van der Waals surface area contributed by atoms with Crippen molar-refractivity contribution < 1.29 is 33.1 Å². The van der Waals surface area contributed by atoms with E-state index in [0.717, 1.165) is 23.9 Å². The number of esters is 1. The summed E-state index contributed by atoms with van der Waals surface area (Å²) in [6.45, 7) is 8.15. The van der Waals surface area contributed by atoms with Crippen LogP contribution in [0, 0.1) is 11.7 Å². The van der Waals surface area contributed by atoms with E-state index in [9.17, 15) is 28.4 Å². The maximum atomic E-state index is 14.1. The molecular formula is C24H29FN4O6S. The molecule has 0 saturated carbocycles. The van der Waals surface area contributed by atoms with Crippen molar-refractivity contribution in [2.75, 3.05) is 5.75 Å². The SMILES string of the molecule is C=C1NC(=O)c2cc(F)cc(n2)CNC(=O)C[C@@H](/C=C/CCSC(C)=O)OC(=O)[C@H](C(C)C)NC1=O. The summed E-state index contributed by atoms with van der Waals surface area (Å²) in [7, 11) is 0. The minimum absolute atomic E-state index is 0.0266. The largest absolute Gasteiger partial charge is 0.456 e. The molecule has 10 nitrogen and oxygen atoms in total. The van der Waals surface area contributed by atoms with Crippen LogP contribution in [0.4, 0.5) is 4.39 Å². The highest BCUT2D eigenvalue weighted by atomic mass is 32.2. The molecule has 1 aliphatic heterocycles. The molecule has 0 radical (unpaired) electrons. The average Bonchev–Trinajstić information content (AvgIpc) is 2.79. The van der Waals surface area contributed by atoms with Crippen LogP contribution in [0.2, 0.25) is 0 Å². The molecule has 2 atom stereocenters. The van der Waals surface area contributed by atoms with E-state index < -0.39 is 47.6 Å². The topological polar surface area (TPSA) is 144 Å². The van der Waals surface area contributed by atoms with E-state index in [1.165, 1.54) is 13.0 Å². The number of amides is 3. The number of hydrogen-bond acceptors (Lipinski definition) is 8. The van der Waals surface area contributed by atoms with Crippen LogP contribution in [-0.2, 0) is 30.5 Å². The zero-order valence-corrected chi connectivity index (χ0v) is 21.1. The van der Waals surface area contributed by atoms with Crippen LogP contribution in [0.25, 0.3) is 0 Å². The molecule has 194 valence electrons. The monoisotopic (exact) mass is 520 g/mol. The molecule has 1 aliphatic rings. The summed E-state index contributed by atoms with van der Waals surface area (Å²) in [4.78, 5) is 65.6. The van der Waals surface area contributed by atoms with Crippen molar-refractivity contribution in [1.29, 1.82) is 0 Å². The van der Waals surface area contributed by atoms with Crippen molar-refractivity contribution >= 4 is 40.6 Å². The van der Waals surface area contributed by atoms with Gasteiger partial charge in [-0.3, -0.25) is 19.2 Å². The van der Waals surface area contributed by atoms with Gasteiger partial charge in [-0.05, 0) is 24.5 Å².